The van der Waals surface area contributed by atoms with Gasteiger partial charge in [0.1, 0.15) is 0 Å². The van der Waals surface area contributed by atoms with Gasteiger partial charge in [0.25, 0.3) is 0 Å². The minimum atomic E-state index is 0.631. The van der Waals surface area contributed by atoms with E-state index >= 15 is 0 Å². The smallest absolute Gasteiger partial charge is 0.0457 e. The van der Waals surface area contributed by atoms with Crippen molar-refractivity contribution in [2.75, 3.05) is 0 Å². The summed E-state index contributed by atoms with van der Waals surface area (Å²) < 4.78 is 0. The van der Waals surface area contributed by atoms with Gasteiger partial charge in [-0.3, -0.25) is 0 Å². The number of hydrogen-bond donors (Lipinski definition) is 2. The van der Waals surface area contributed by atoms with Gasteiger partial charge in [0.2, 0.25) is 0 Å². The summed E-state index contributed by atoms with van der Waals surface area (Å²) >= 11 is 0. The van der Waals surface area contributed by atoms with Crippen LogP contribution in [0, 0.1) is 0 Å². The lowest BCUT2D eigenvalue weighted by atomic mass is 10.1. The lowest BCUT2D eigenvalue weighted by Crippen LogP contribution is -2.16. The van der Waals surface area contributed by atoms with Crippen molar-refractivity contribution in [3.63, 3.8) is 0 Å². The van der Waals surface area contributed by atoms with Crippen LogP contribution in [-0.2, 0) is 6.54 Å². The molecule has 1 aliphatic rings. The summed E-state index contributed by atoms with van der Waals surface area (Å²) in [7, 11) is 0. The Kier molecular flexibility index (Phi) is 2.82. The van der Waals surface area contributed by atoms with Gasteiger partial charge in [-0.2, -0.15) is 0 Å². The number of nitrogens with one attached hydrogen (secondary N) is 2. The van der Waals surface area contributed by atoms with Crippen LogP contribution in [0.4, 0.5) is 0 Å². The molecule has 0 spiro atoms. The number of H-pyrrole nitrogens is 1. The van der Waals surface area contributed by atoms with Gasteiger partial charge in [0, 0.05) is 35.6 Å². The summed E-state index contributed by atoms with van der Waals surface area (Å²) in [4.78, 5) is 3.34. The molecule has 2 aromatic carbocycles. The molecule has 1 aromatic heterocycles. The minimum Gasteiger partial charge on any atom is -0.361 e. The van der Waals surface area contributed by atoms with E-state index in [2.05, 4.69) is 71.1 Å². The van der Waals surface area contributed by atoms with Crippen molar-refractivity contribution in [1.29, 1.82) is 0 Å². The molecule has 2 atom stereocenters. The molecule has 4 rings (SSSR count). The second-order valence-corrected chi connectivity index (χ2v) is 5.60. The summed E-state index contributed by atoms with van der Waals surface area (Å²) in [6, 6.07) is 19.9. The normalized spacial score (nSPS) is 21.2. The predicted molar refractivity (Wildman–Crippen MR) is 82.7 cm³/mol. The number of aromatic nitrogens is 1. The van der Waals surface area contributed by atoms with Gasteiger partial charge in [-0.15, -0.1) is 0 Å². The van der Waals surface area contributed by atoms with Crippen molar-refractivity contribution in [1.82, 2.24) is 10.3 Å². The average molecular weight is 262 g/mol. The zero-order valence-corrected chi connectivity index (χ0v) is 11.3. The first-order valence-electron chi connectivity index (χ1n) is 7.25. The maximum Gasteiger partial charge on any atom is 0.0457 e. The third-order valence-corrected chi connectivity index (χ3v) is 4.25. The Hall–Kier alpha value is -2.06. The maximum absolute atomic E-state index is 3.68. The van der Waals surface area contributed by atoms with Crippen molar-refractivity contribution in [3.8, 4) is 0 Å². The van der Waals surface area contributed by atoms with Crippen LogP contribution < -0.4 is 5.32 Å². The molecule has 0 radical (unpaired) electrons. The molecule has 1 heterocycles. The van der Waals surface area contributed by atoms with E-state index in [1.165, 1.54) is 28.5 Å². The molecular formula is C18H18N2. The lowest BCUT2D eigenvalue weighted by Gasteiger charge is -2.04. The Morgan fingerprint density at radius 3 is 2.70 bits per heavy atom. The van der Waals surface area contributed by atoms with Crippen LogP contribution >= 0.6 is 0 Å². The second kappa shape index (κ2) is 4.80. The molecule has 0 saturated heterocycles. The third-order valence-electron chi connectivity index (χ3n) is 4.25. The fourth-order valence-corrected chi connectivity index (χ4v) is 3.01. The first-order valence-corrected chi connectivity index (χ1v) is 7.25. The van der Waals surface area contributed by atoms with Crippen molar-refractivity contribution in [2.24, 2.45) is 0 Å². The van der Waals surface area contributed by atoms with Gasteiger partial charge in [-0.05, 0) is 23.6 Å². The highest BCUT2D eigenvalue weighted by molar-refractivity contribution is 5.82. The van der Waals surface area contributed by atoms with E-state index in [0.29, 0.717) is 12.0 Å². The van der Waals surface area contributed by atoms with Crippen molar-refractivity contribution < 1.29 is 0 Å². The monoisotopic (exact) mass is 262 g/mol. The van der Waals surface area contributed by atoms with Crippen LogP contribution in [0.1, 0.15) is 23.5 Å². The van der Waals surface area contributed by atoms with Gasteiger partial charge < -0.3 is 10.3 Å². The summed E-state index contributed by atoms with van der Waals surface area (Å²) in [5, 5.41) is 5.01. The van der Waals surface area contributed by atoms with E-state index in [1.807, 2.05) is 0 Å². The number of hydrogen-bond acceptors (Lipinski definition) is 1. The van der Waals surface area contributed by atoms with Crippen LogP contribution in [0.3, 0.4) is 0 Å². The molecule has 2 unspecified atom stereocenters. The minimum absolute atomic E-state index is 0.631. The third kappa shape index (κ3) is 2.12. The van der Waals surface area contributed by atoms with Gasteiger partial charge in [0.15, 0.2) is 0 Å². The number of para-hydroxylation sites is 1. The molecular weight excluding hydrogens is 244 g/mol. The first-order chi connectivity index (χ1) is 9.92. The van der Waals surface area contributed by atoms with Crippen LogP contribution in [0.25, 0.3) is 10.9 Å². The van der Waals surface area contributed by atoms with Crippen LogP contribution in [0.5, 0.6) is 0 Å². The molecule has 1 fully saturated rings. The van der Waals surface area contributed by atoms with E-state index in [0.717, 1.165) is 6.54 Å². The lowest BCUT2D eigenvalue weighted by molar-refractivity contribution is 0.675. The Morgan fingerprint density at radius 2 is 1.80 bits per heavy atom. The van der Waals surface area contributed by atoms with Crippen LogP contribution in [-0.4, -0.2) is 11.0 Å². The zero-order valence-electron chi connectivity index (χ0n) is 11.3. The first kappa shape index (κ1) is 11.7. The fourth-order valence-electron chi connectivity index (χ4n) is 3.01. The summed E-state index contributed by atoms with van der Waals surface area (Å²) in [6.45, 7) is 0.942. The topological polar surface area (TPSA) is 27.8 Å². The maximum atomic E-state index is 3.68. The van der Waals surface area contributed by atoms with Crippen LogP contribution in [0.15, 0.2) is 60.8 Å². The molecule has 20 heavy (non-hydrogen) atoms. The van der Waals surface area contributed by atoms with Crippen molar-refractivity contribution >= 4 is 10.9 Å². The van der Waals surface area contributed by atoms with E-state index < -0.39 is 0 Å². The van der Waals surface area contributed by atoms with Gasteiger partial charge in [-0.1, -0.05) is 48.5 Å². The second-order valence-electron chi connectivity index (χ2n) is 5.60. The van der Waals surface area contributed by atoms with E-state index in [1.54, 1.807) is 0 Å². The van der Waals surface area contributed by atoms with E-state index in [-0.39, 0.29) is 0 Å². The fraction of sp³-hybridized carbons (Fsp3) is 0.222. The van der Waals surface area contributed by atoms with Crippen molar-refractivity contribution in [3.05, 3.63) is 71.9 Å². The highest BCUT2D eigenvalue weighted by Crippen LogP contribution is 2.40. The quantitative estimate of drug-likeness (QED) is 0.735. The summed E-state index contributed by atoms with van der Waals surface area (Å²) in [5.41, 5.74) is 4.04. The van der Waals surface area contributed by atoms with E-state index in [4.69, 9.17) is 0 Å². The van der Waals surface area contributed by atoms with Gasteiger partial charge in [0.05, 0.1) is 0 Å². The summed E-state index contributed by atoms with van der Waals surface area (Å²) in [6.07, 6.45) is 3.38. The van der Waals surface area contributed by atoms with Crippen molar-refractivity contribution in [2.45, 2.75) is 24.9 Å². The zero-order chi connectivity index (χ0) is 13.4. The Labute approximate surface area is 118 Å². The standard InChI is InChI=1S/C18H18N2/c1-2-6-13(7-3-1)16-10-18(16)20-12-14-11-19-17-9-5-4-8-15(14)17/h1-9,11,16,18-20H,10,12H2. The largest absolute Gasteiger partial charge is 0.361 e. The van der Waals surface area contributed by atoms with Gasteiger partial charge >= 0.3 is 0 Å². The summed E-state index contributed by atoms with van der Waals surface area (Å²) in [5.74, 6) is 0.696. The molecule has 3 aromatic rings. The molecule has 0 amide bonds. The highest BCUT2D eigenvalue weighted by atomic mass is 15.0. The molecule has 0 bridgehead atoms. The Balaban J connectivity index is 1.43. The molecule has 100 valence electrons. The molecule has 1 saturated carbocycles. The molecule has 2 nitrogen and oxygen atoms in total. The predicted octanol–water partition coefficient (Wildman–Crippen LogP) is 3.81. The molecule has 1 aliphatic carbocycles. The number of rotatable bonds is 4. The molecule has 0 aliphatic heterocycles. The van der Waals surface area contributed by atoms with Gasteiger partial charge in [-0.25, -0.2) is 0 Å². The molecule has 2 N–H and O–H groups in total. The highest BCUT2D eigenvalue weighted by Gasteiger charge is 2.37. The Bertz CT molecular complexity index is 714. The van der Waals surface area contributed by atoms with Crippen LogP contribution in [0.2, 0.25) is 0 Å². The number of aromatic amines is 1. The number of benzene rings is 2. The average Bonchev–Trinajstić information content (AvgIpc) is 3.18. The Morgan fingerprint density at radius 1 is 1.00 bits per heavy atom. The number of fused-ring (bicyclic) bond motifs is 1. The SMILES string of the molecule is c1ccc(C2CC2NCc2c[nH]c3ccccc23)cc1. The molecule has 2 heteroatoms. The van der Waals surface area contributed by atoms with E-state index in [9.17, 15) is 0 Å².